The molecule has 0 saturated carbocycles. The molecule has 5 heteroatoms. The van der Waals surface area contributed by atoms with Gasteiger partial charge >= 0.3 is 0 Å². The van der Waals surface area contributed by atoms with Crippen LogP contribution in [0.15, 0.2) is 48.5 Å². The van der Waals surface area contributed by atoms with Gasteiger partial charge in [-0.3, -0.25) is 9.59 Å². The largest absolute Gasteiger partial charge is 0.492 e. The number of benzene rings is 2. The molecule has 0 aromatic heterocycles. The molecule has 0 saturated heterocycles. The molecule has 1 N–H and O–H groups in total. The summed E-state index contributed by atoms with van der Waals surface area (Å²) in [5, 5.41) is 2.81. The van der Waals surface area contributed by atoms with E-state index in [1.54, 1.807) is 12.1 Å². The fraction of sp³-hybridized carbons (Fsp3) is 0.263. The van der Waals surface area contributed by atoms with Crippen molar-refractivity contribution in [3.63, 3.8) is 0 Å². The summed E-state index contributed by atoms with van der Waals surface area (Å²) in [5.74, 6) is 0.144. The Morgan fingerprint density at radius 3 is 2.54 bits per heavy atom. The lowest BCUT2D eigenvalue weighted by molar-refractivity contribution is -0.120. The van der Waals surface area contributed by atoms with Gasteiger partial charge in [-0.05, 0) is 43.7 Å². The maximum absolute atomic E-state index is 12.4. The van der Waals surface area contributed by atoms with E-state index in [-0.39, 0.29) is 18.4 Å². The molecule has 0 aliphatic heterocycles. The van der Waals surface area contributed by atoms with Gasteiger partial charge in [0.25, 0.3) is 0 Å². The Kier molecular flexibility index (Phi) is 5.95. The average Bonchev–Trinajstić information content (AvgIpc) is 2.54. The van der Waals surface area contributed by atoms with Crippen LogP contribution in [0.3, 0.4) is 0 Å². The molecule has 0 unspecified atom stereocenters. The Morgan fingerprint density at radius 2 is 1.88 bits per heavy atom. The van der Waals surface area contributed by atoms with E-state index in [9.17, 15) is 9.59 Å². The number of ether oxygens (including phenoxy) is 1. The van der Waals surface area contributed by atoms with Gasteiger partial charge < -0.3 is 15.0 Å². The lowest BCUT2D eigenvalue weighted by Gasteiger charge is -2.21. The third-order valence-corrected chi connectivity index (χ3v) is 3.46. The zero-order valence-corrected chi connectivity index (χ0v) is 14.2. The van der Waals surface area contributed by atoms with Crippen LogP contribution in [-0.2, 0) is 9.59 Å². The van der Waals surface area contributed by atoms with Crippen LogP contribution < -0.4 is 15.0 Å². The molecule has 2 aromatic rings. The van der Waals surface area contributed by atoms with Crippen molar-refractivity contribution >= 4 is 23.2 Å². The maximum Gasteiger partial charge on any atom is 0.244 e. The van der Waals surface area contributed by atoms with Crippen LogP contribution in [0.4, 0.5) is 11.4 Å². The minimum Gasteiger partial charge on any atom is -0.492 e. The van der Waals surface area contributed by atoms with Crippen molar-refractivity contribution in [1.82, 2.24) is 0 Å². The number of amides is 2. The molecule has 0 aliphatic carbocycles. The van der Waals surface area contributed by atoms with Crippen molar-refractivity contribution in [3.8, 4) is 5.75 Å². The van der Waals surface area contributed by atoms with Gasteiger partial charge in [-0.15, -0.1) is 0 Å². The number of rotatable bonds is 6. The lowest BCUT2D eigenvalue weighted by atomic mass is 10.2. The van der Waals surface area contributed by atoms with Crippen LogP contribution in [0.5, 0.6) is 5.75 Å². The van der Waals surface area contributed by atoms with Gasteiger partial charge in [0.15, 0.2) is 0 Å². The zero-order valence-electron chi connectivity index (χ0n) is 14.2. The van der Waals surface area contributed by atoms with E-state index in [1.807, 2.05) is 50.2 Å². The Bertz CT molecular complexity index is 728. The number of nitrogens with zero attached hydrogens (tertiary/aromatic N) is 1. The van der Waals surface area contributed by atoms with E-state index in [0.29, 0.717) is 23.7 Å². The van der Waals surface area contributed by atoms with E-state index in [2.05, 4.69) is 5.32 Å². The Morgan fingerprint density at radius 1 is 1.12 bits per heavy atom. The van der Waals surface area contributed by atoms with E-state index >= 15 is 0 Å². The molecule has 126 valence electrons. The van der Waals surface area contributed by atoms with Gasteiger partial charge in [-0.1, -0.05) is 24.3 Å². The second-order valence-corrected chi connectivity index (χ2v) is 5.42. The van der Waals surface area contributed by atoms with E-state index in [0.717, 1.165) is 5.56 Å². The van der Waals surface area contributed by atoms with Gasteiger partial charge in [-0.2, -0.15) is 0 Å². The highest BCUT2D eigenvalue weighted by Gasteiger charge is 2.17. The maximum atomic E-state index is 12.4. The molecule has 5 nitrogen and oxygen atoms in total. The first kappa shape index (κ1) is 17.5. The minimum atomic E-state index is -0.279. The minimum absolute atomic E-state index is 0.0563. The first-order chi connectivity index (χ1) is 11.5. The molecule has 24 heavy (non-hydrogen) atoms. The second-order valence-electron chi connectivity index (χ2n) is 5.42. The predicted molar refractivity (Wildman–Crippen MR) is 95.4 cm³/mol. The van der Waals surface area contributed by atoms with Gasteiger partial charge in [0.1, 0.15) is 12.3 Å². The molecule has 0 fully saturated rings. The highest BCUT2D eigenvalue weighted by molar-refractivity contribution is 6.02. The predicted octanol–water partition coefficient (Wildman–Crippen LogP) is 3.39. The second kappa shape index (κ2) is 8.15. The molecule has 0 bridgehead atoms. The summed E-state index contributed by atoms with van der Waals surface area (Å²) in [6, 6.07) is 14.7. The Hall–Kier alpha value is -2.82. The smallest absolute Gasteiger partial charge is 0.244 e. The zero-order chi connectivity index (χ0) is 17.5. The van der Waals surface area contributed by atoms with Crippen LogP contribution in [0.1, 0.15) is 19.4 Å². The number of carbonyl (C=O) groups excluding carboxylic acids is 2. The number of hydrogen-bond donors (Lipinski definition) is 1. The summed E-state index contributed by atoms with van der Waals surface area (Å²) in [5.41, 5.74) is 2.33. The van der Waals surface area contributed by atoms with Crippen LogP contribution in [-0.4, -0.2) is 25.0 Å². The molecular weight excluding hydrogens is 304 g/mol. The quantitative estimate of drug-likeness (QED) is 0.885. The van der Waals surface area contributed by atoms with E-state index in [1.165, 1.54) is 11.8 Å². The van der Waals surface area contributed by atoms with Gasteiger partial charge in [0.05, 0.1) is 12.3 Å². The van der Waals surface area contributed by atoms with Crippen molar-refractivity contribution in [3.05, 3.63) is 54.1 Å². The van der Waals surface area contributed by atoms with Gasteiger partial charge in [-0.25, -0.2) is 0 Å². The number of aryl methyl sites for hydroxylation is 1. The standard InChI is InChI=1S/C19H22N2O3/c1-4-24-18-11-6-5-10-17(18)20-19(23)13-21(15(3)22)16-9-7-8-14(2)12-16/h5-12H,4,13H2,1-3H3,(H,20,23). The summed E-state index contributed by atoms with van der Waals surface area (Å²) in [6.07, 6.45) is 0. The normalized spacial score (nSPS) is 10.1. The summed E-state index contributed by atoms with van der Waals surface area (Å²) >= 11 is 0. The first-order valence-electron chi connectivity index (χ1n) is 7.87. The molecule has 0 heterocycles. The fourth-order valence-electron chi connectivity index (χ4n) is 2.36. The molecule has 0 atom stereocenters. The van der Waals surface area contributed by atoms with Crippen LogP contribution in [0.25, 0.3) is 0 Å². The van der Waals surface area contributed by atoms with Crippen molar-refractivity contribution < 1.29 is 14.3 Å². The highest BCUT2D eigenvalue weighted by atomic mass is 16.5. The van der Waals surface area contributed by atoms with Crippen molar-refractivity contribution in [2.45, 2.75) is 20.8 Å². The summed E-state index contributed by atoms with van der Waals surface area (Å²) in [6.45, 7) is 5.73. The lowest BCUT2D eigenvalue weighted by Crippen LogP contribution is -2.36. The Labute approximate surface area is 142 Å². The molecule has 2 aromatic carbocycles. The summed E-state index contributed by atoms with van der Waals surface area (Å²) in [7, 11) is 0. The van der Waals surface area contributed by atoms with Crippen LogP contribution in [0, 0.1) is 6.92 Å². The first-order valence-corrected chi connectivity index (χ1v) is 7.87. The molecule has 2 rings (SSSR count). The number of anilines is 2. The number of carbonyl (C=O) groups is 2. The summed E-state index contributed by atoms with van der Waals surface area (Å²) < 4.78 is 5.50. The topological polar surface area (TPSA) is 58.6 Å². The average molecular weight is 326 g/mol. The van der Waals surface area contributed by atoms with Crippen LogP contribution >= 0.6 is 0 Å². The van der Waals surface area contributed by atoms with Crippen molar-refractivity contribution in [1.29, 1.82) is 0 Å². The highest BCUT2D eigenvalue weighted by Crippen LogP contribution is 2.24. The van der Waals surface area contributed by atoms with Crippen molar-refractivity contribution in [2.75, 3.05) is 23.4 Å². The summed E-state index contributed by atoms with van der Waals surface area (Å²) in [4.78, 5) is 25.8. The molecule has 0 spiro atoms. The van der Waals surface area contributed by atoms with Gasteiger partial charge in [0.2, 0.25) is 11.8 Å². The van der Waals surface area contributed by atoms with E-state index < -0.39 is 0 Å². The fourth-order valence-corrected chi connectivity index (χ4v) is 2.36. The third kappa shape index (κ3) is 4.59. The monoisotopic (exact) mass is 326 g/mol. The molecule has 2 amide bonds. The number of nitrogens with one attached hydrogen (secondary N) is 1. The van der Waals surface area contributed by atoms with Crippen molar-refractivity contribution in [2.24, 2.45) is 0 Å². The Balaban J connectivity index is 2.13. The number of hydrogen-bond acceptors (Lipinski definition) is 3. The molecule has 0 aliphatic rings. The van der Waals surface area contributed by atoms with Gasteiger partial charge in [0, 0.05) is 12.6 Å². The third-order valence-electron chi connectivity index (χ3n) is 3.46. The van der Waals surface area contributed by atoms with E-state index in [4.69, 9.17) is 4.74 Å². The van der Waals surface area contributed by atoms with Crippen LogP contribution in [0.2, 0.25) is 0 Å². The number of para-hydroxylation sites is 2. The molecular formula is C19H22N2O3. The SMILES string of the molecule is CCOc1ccccc1NC(=O)CN(C(C)=O)c1cccc(C)c1. The molecule has 0 radical (unpaired) electrons.